The molecule has 0 spiro atoms. The van der Waals surface area contributed by atoms with Gasteiger partial charge in [0.15, 0.2) is 0 Å². The number of methoxy groups -OCH3 is 1. The Morgan fingerprint density at radius 2 is 1.68 bits per heavy atom. The summed E-state index contributed by atoms with van der Waals surface area (Å²) in [6.45, 7) is 0. The van der Waals surface area contributed by atoms with E-state index in [0.29, 0.717) is 5.75 Å². The van der Waals surface area contributed by atoms with Gasteiger partial charge in [-0.15, -0.1) is 0 Å². The average Bonchev–Trinajstić information content (AvgIpc) is 2.46. The zero-order valence-electron chi connectivity index (χ0n) is 11.3. The molecule has 0 saturated heterocycles. The third-order valence-electron chi connectivity index (χ3n) is 2.54. The van der Waals surface area contributed by atoms with E-state index in [4.69, 9.17) is 4.74 Å². The van der Waals surface area contributed by atoms with Crippen LogP contribution in [0.3, 0.4) is 0 Å². The minimum Gasteiger partial charge on any atom is -0.497 e. The van der Waals surface area contributed by atoms with Gasteiger partial charge in [0.05, 0.1) is 12.7 Å². The van der Waals surface area contributed by atoms with Crippen molar-refractivity contribution in [2.24, 2.45) is 0 Å². The molecule has 0 fully saturated rings. The first-order valence-electron chi connectivity index (χ1n) is 6.00. The number of aromatic nitrogens is 2. The average molecular weight is 312 g/mol. The van der Waals surface area contributed by atoms with E-state index >= 15 is 0 Å². The molecular weight excluding hydrogens is 301 g/mol. The lowest BCUT2D eigenvalue weighted by molar-refractivity contribution is -0.137. The largest absolute Gasteiger partial charge is 0.497 e. The molecule has 2 amide bonds. The summed E-state index contributed by atoms with van der Waals surface area (Å²) in [4.78, 5) is 19.2. The van der Waals surface area contributed by atoms with Gasteiger partial charge in [0.25, 0.3) is 0 Å². The van der Waals surface area contributed by atoms with E-state index in [-0.39, 0.29) is 11.6 Å². The van der Waals surface area contributed by atoms with Crippen LogP contribution < -0.4 is 15.4 Å². The summed E-state index contributed by atoms with van der Waals surface area (Å²) >= 11 is 0. The van der Waals surface area contributed by atoms with Crippen LogP contribution in [0.4, 0.5) is 29.6 Å². The molecule has 2 N–H and O–H groups in total. The van der Waals surface area contributed by atoms with E-state index in [1.807, 2.05) is 0 Å². The van der Waals surface area contributed by atoms with Crippen molar-refractivity contribution in [3.63, 3.8) is 0 Å². The number of urea groups is 1. The van der Waals surface area contributed by atoms with Gasteiger partial charge in [-0.3, -0.25) is 10.6 Å². The number of nitrogens with one attached hydrogen (secondary N) is 2. The summed E-state index contributed by atoms with van der Waals surface area (Å²) in [5.74, 6) is 0.432. The van der Waals surface area contributed by atoms with Gasteiger partial charge in [0, 0.05) is 18.5 Å². The smallest absolute Gasteiger partial charge is 0.416 e. The zero-order chi connectivity index (χ0) is 16.2. The first kappa shape index (κ1) is 15.5. The number of ether oxygens (including phenoxy) is 1. The number of anilines is 2. The van der Waals surface area contributed by atoms with Crippen molar-refractivity contribution in [1.29, 1.82) is 0 Å². The number of carbonyl (C=O) groups is 1. The molecule has 0 radical (unpaired) electrons. The van der Waals surface area contributed by atoms with Crippen molar-refractivity contribution < 1.29 is 22.7 Å². The molecule has 116 valence electrons. The van der Waals surface area contributed by atoms with E-state index in [1.165, 1.54) is 19.4 Å². The number of alkyl halides is 3. The van der Waals surface area contributed by atoms with Gasteiger partial charge in [-0.1, -0.05) is 0 Å². The van der Waals surface area contributed by atoms with Gasteiger partial charge in [-0.25, -0.2) is 14.8 Å². The molecule has 0 unspecified atom stereocenters. The van der Waals surface area contributed by atoms with Gasteiger partial charge in [-0.05, 0) is 18.2 Å². The molecule has 0 saturated carbocycles. The lowest BCUT2D eigenvalue weighted by atomic mass is 10.2. The number of halogens is 3. The molecule has 0 aliphatic carbocycles. The predicted octanol–water partition coefficient (Wildman–Crippen LogP) is 3.15. The molecule has 2 aromatic heterocycles. The highest BCUT2D eigenvalue weighted by atomic mass is 19.4. The number of rotatable bonds is 3. The Hall–Kier alpha value is -2.84. The van der Waals surface area contributed by atoms with Crippen LogP contribution in [0.5, 0.6) is 5.75 Å². The first-order valence-corrected chi connectivity index (χ1v) is 6.00. The maximum absolute atomic E-state index is 12.6. The Morgan fingerprint density at radius 3 is 2.27 bits per heavy atom. The number of hydrogen-bond acceptors (Lipinski definition) is 4. The number of pyridine rings is 2. The topological polar surface area (TPSA) is 76.1 Å². The molecule has 2 aromatic rings. The van der Waals surface area contributed by atoms with Crippen LogP contribution in [0.25, 0.3) is 0 Å². The normalized spacial score (nSPS) is 10.9. The van der Waals surface area contributed by atoms with E-state index in [9.17, 15) is 18.0 Å². The summed E-state index contributed by atoms with van der Waals surface area (Å²) in [7, 11) is 1.45. The highest BCUT2D eigenvalue weighted by molar-refractivity contribution is 5.98. The minimum absolute atomic E-state index is 0.184. The molecule has 0 atom stereocenters. The van der Waals surface area contributed by atoms with Crippen LogP contribution in [0.15, 0.2) is 36.7 Å². The predicted molar refractivity (Wildman–Crippen MR) is 72.7 cm³/mol. The summed E-state index contributed by atoms with van der Waals surface area (Å²) < 4.78 is 42.6. The van der Waals surface area contributed by atoms with Crippen molar-refractivity contribution in [1.82, 2.24) is 9.97 Å². The molecule has 6 nitrogen and oxygen atoms in total. The van der Waals surface area contributed by atoms with Crippen molar-refractivity contribution >= 4 is 17.7 Å². The maximum Gasteiger partial charge on any atom is 0.416 e. The van der Waals surface area contributed by atoms with Gasteiger partial charge in [-0.2, -0.15) is 13.2 Å². The standard InChI is InChI=1S/C13H11F3N4O2/c1-22-9-3-5-18-11(7-9)20-12(21)19-10-6-8(2-4-17-10)13(14,15)16/h2-7H,1H3,(H2,17,18,19,20,21). The second-order valence-electron chi connectivity index (χ2n) is 4.09. The Labute approximate surface area is 123 Å². The fraction of sp³-hybridized carbons (Fsp3) is 0.154. The first-order chi connectivity index (χ1) is 10.4. The fourth-order valence-electron chi connectivity index (χ4n) is 1.55. The molecule has 22 heavy (non-hydrogen) atoms. The second kappa shape index (κ2) is 6.29. The summed E-state index contributed by atoms with van der Waals surface area (Å²) in [5, 5.41) is 4.56. The highest BCUT2D eigenvalue weighted by Gasteiger charge is 2.30. The van der Waals surface area contributed by atoms with Crippen LogP contribution in [0.1, 0.15) is 5.56 Å². The lowest BCUT2D eigenvalue weighted by Crippen LogP contribution is -2.21. The Morgan fingerprint density at radius 1 is 1.09 bits per heavy atom. The Kier molecular flexibility index (Phi) is 4.44. The summed E-state index contributed by atoms with van der Waals surface area (Å²) in [6, 6.07) is 3.81. The number of carbonyl (C=O) groups excluding carboxylic acids is 1. The molecule has 0 aromatic carbocycles. The molecule has 0 bridgehead atoms. The van der Waals surface area contributed by atoms with Crippen molar-refractivity contribution in [2.75, 3.05) is 17.7 Å². The Balaban J connectivity index is 2.06. The monoisotopic (exact) mass is 312 g/mol. The van der Waals surface area contributed by atoms with Crippen LogP contribution in [0, 0.1) is 0 Å². The van der Waals surface area contributed by atoms with Gasteiger partial charge >= 0.3 is 12.2 Å². The molecule has 2 rings (SSSR count). The van der Waals surface area contributed by atoms with Crippen LogP contribution in [0.2, 0.25) is 0 Å². The fourth-order valence-corrected chi connectivity index (χ4v) is 1.55. The lowest BCUT2D eigenvalue weighted by Gasteiger charge is -2.10. The number of nitrogens with zero attached hydrogens (tertiary/aromatic N) is 2. The van der Waals surface area contributed by atoms with Crippen molar-refractivity contribution in [3.05, 3.63) is 42.2 Å². The van der Waals surface area contributed by atoms with Crippen LogP contribution in [-0.2, 0) is 6.18 Å². The van der Waals surface area contributed by atoms with Crippen LogP contribution >= 0.6 is 0 Å². The molecule has 9 heteroatoms. The van der Waals surface area contributed by atoms with Gasteiger partial charge in [0.2, 0.25) is 0 Å². The SMILES string of the molecule is COc1ccnc(NC(=O)Nc2cc(C(F)(F)F)ccn2)c1. The van der Waals surface area contributed by atoms with E-state index in [1.54, 1.807) is 6.07 Å². The maximum atomic E-state index is 12.6. The molecule has 2 heterocycles. The van der Waals surface area contributed by atoms with Gasteiger partial charge < -0.3 is 4.74 Å². The van der Waals surface area contributed by atoms with E-state index in [2.05, 4.69) is 20.6 Å². The molecular formula is C13H11F3N4O2. The summed E-state index contributed by atoms with van der Waals surface area (Å²) in [6.07, 6.45) is -2.14. The zero-order valence-corrected chi connectivity index (χ0v) is 11.3. The van der Waals surface area contributed by atoms with E-state index < -0.39 is 17.8 Å². The Bertz CT molecular complexity index is 676. The van der Waals surface area contributed by atoms with Crippen molar-refractivity contribution in [2.45, 2.75) is 6.18 Å². The third-order valence-corrected chi connectivity index (χ3v) is 2.54. The summed E-state index contributed by atoms with van der Waals surface area (Å²) in [5.41, 5.74) is -0.905. The highest BCUT2D eigenvalue weighted by Crippen LogP contribution is 2.29. The third kappa shape index (κ3) is 4.08. The van der Waals surface area contributed by atoms with E-state index in [0.717, 1.165) is 18.3 Å². The quantitative estimate of drug-likeness (QED) is 0.913. The number of amides is 2. The van der Waals surface area contributed by atoms with Crippen molar-refractivity contribution in [3.8, 4) is 5.75 Å². The minimum atomic E-state index is -4.51. The number of hydrogen-bond donors (Lipinski definition) is 2. The molecule has 0 aliphatic rings. The molecule has 0 aliphatic heterocycles. The van der Waals surface area contributed by atoms with Gasteiger partial charge in [0.1, 0.15) is 17.4 Å². The second-order valence-corrected chi connectivity index (χ2v) is 4.09. The van der Waals surface area contributed by atoms with Crippen LogP contribution in [-0.4, -0.2) is 23.1 Å².